The average molecular weight is 288 g/mol. The van der Waals surface area contributed by atoms with Crippen LogP contribution < -0.4 is 10.1 Å². The molecule has 3 nitrogen and oxygen atoms in total. The summed E-state index contributed by atoms with van der Waals surface area (Å²) in [5, 5.41) is 3.54. The molecule has 3 heteroatoms. The molecule has 1 atom stereocenters. The normalized spacial score (nSPS) is 22.6. The van der Waals surface area contributed by atoms with Crippen molar-refractivity contribution in [2.45, 2.75) is 57.7 Å². The van der Waals surface area contributed by atoms with E-state index in [4.69, 9.17) is 4.74 Å². The first-order valence-electron chi connectivity index (χ1n) is 8.54. The van der Waals surface area contributed by atoms with Crippen LogP contribution in [0.2, 0.25) is 0 Å². The molecule has 1 aromatic rings. The Balaban J connectivity index is 1.38. The highest BCUT2D eigenvalue weighted by molar-refractivity contribution is 5.27. The molecule has 0 bridgehead atoms. The van der Waals surface area contributed by atoms with E-state index in [0.29, 0.717) is 0 Å². The van der Waals surface area contributed by atoms with E-state index in [1.165, 1.54) is 44.2 Å². The SMILES string of the molecule is CCC1CCCN1CCOc1ccc(CNC2CC2)cc1. The molecule has 1 N–H and O–H groups in total. The van der Waals surface area contributed by atoms with Crippen molar-refractivity contribution in [3.8, 4) is 5.75 Å². The van der Waals surface area contributed by atoms with E-state index in [9.17, 15) is 0 Å². The van der Waals surface area contributed by atoms with Gasteiger partial charge in [-0.3, -0.25) is 4.90 Å². The Hall–Kier alpha value is -1.06. The number of benzene rings is 1. The van der Waals surface area contributed by atoms with Gasteiger partial charge in [0.1, 0.15) is 12.4 Å². The van der Waals surface area contributed by atoms with E-state index >= 15 is 0 Å². The van der Waals surface area contributed by atoms with Gasteiger partial charge in [-0.2, -0.15) is 0 Å². The molecule has 1 heterocycles. The highest BCUT2D eigenvalue weighted by Crippen LogP contribution is 2.21. The number of nitrogens with zero attached hydrogens (tertiary/aromatic N) is 1. The van der Waals surface area contributed by atoms with Crippen LogP contribution >= 0.6 is 0 Å². The molecule has 1 unspecified atom stereocenters. The summed E-state index contributed by atoms with van der Waals surface area (Å²) in [5.41, 5.74) is 1.35. The maximum Gasteiger partial charge on any atom is 0.119 e. The van der Waals surface area contributed by atoms with Crippen molar-refractivity contribution in [1.29, 1.82) is 0 Å². The summed E-state index contributed by atoms with van der Waals surface area (Å²) in [4.78, 5) is 2.58. The maximum absolute atomic E-state index is 5.89. The summed E-state index contributed by atoms with van der Waals surface area (Å²) >= 11 is 0. The Morgan fingerprint density at radius 2 is 2.00 bits per heavy atom. The van der Waals surface area contributed by atoms with Crippen LogP contribution in [0.1, 0.15) is 44.6 Å². The number of nitrogens with one attached hydrogen (secondary N) is 1. The predicted molar refractivity (Wildman–Crippen MR) is 86.7 cm³/mol. The fourth-order valence-electron chi connectivity index (χ4n) is 3.19. The van der Waals surface area contributed by atoms with Gasteiger partial charge in [0.15, 0.2) is 0 Å². The predicted octanol–water partition coefficient (Wildman–Crippen LogP) is 3.19. The van der Waals surface area contributed by atoms with Gasteiger partial charge in [-0.1, -0.05) is 19.1 Å². The third-order valence-electron chi connectivity index (χ3n) is 4.71. The topological polar surface area (TPSA) is 24.5 Å². The molecule has 2 fully saturated rings. The molecular formula is C18H28N2O. The van der Waals surface area contributed by atoms with E-state index < -0.39 is 0 Å². The van der Waals surface area contributed by atoms with Gasteiger partial charge in [0.05, 0.1) is 0 Å². The highest BCUT2D eigenvalue weighted by atomic mass is 16.5. The molecule has 2 aliphatic rings. The Kier molecular flexibility index (Phi) is 5.15. The molecular weight excluding hydrogens is 260 g/mol. The fraction of sp³-hybridized carbons (Fsp3) is 0.667. The summed E-state index contributed by atoms with van der Waals surface area (Å²) in [6.07, 6.45) is 6.66. The highest BCUT2D eigenvalue weighted by Gasteiger charge is 2.22. The molecule has 0 spiro atoms. The van der Waals surface area contributed by atoms with Gasteiger partial charge in [0.2, 0.25) is 0 Å². The van der Waals surface area contributed by atoms with Crippen LogP contribution in [0, 0.1) is 0 Å². The summed E-state index contributed by atoms with van der Waals surface area (Å²) in [6, 6.07) is 10.1. The molecule has 0 aromatic heterocycles. The molecule has 0 radical (unpaired) electrons. The minimum absolute atomic E-state index is 0.771. The molecule has 1 saturated heterocycles. The summed E-state index contributed by atoms with van der Waals surface area (Å²) in [5.74, 6) is 0.998. The zero-order valence-corrected chi connectivity index (χ0v) is 13.2. The average Bonchev–Trinajstić information content (AvgIpc) is 3.24. The molecule has 1 aliphatic carbocycles. The van der Waals surface area contributed by atoms with Crippen LogP contribution in [0.4, 0.5) is 0 Å². The van der Waals surface area contributed by atoms with Crippen molar-refractivity contribution in [3.63, 3.8) is 0 Å². The monoisotopic (exact) mass is 288 g/mol. The quantitative estimate of drug-likeness (QED) is 0.795. The maximum atomic E-state index is 5.89. The van der Waals surface area contributed by atoms with Crippen molar-refractivity contribution in [2.75, 3.05) is 19.7 Å². The van der Waals surface area contributed by atoms with Gasteiger partial charge in [-0.05, 0) is 56.3 Å². The fourth-order valence-corrected chi connectivity index (χ4v) is 3.19. The number of hydrogen-bond acceptors (Lipinski definition) is 3. The van der Waals surface area contributed by atoms with Crippen LogP contribution in [-0.4, -0.2) is 36.7 Å². The molecule has 1 aromatic carbocycles. The van der Waals surface area contributed by atoms with Crippen LogP contribution in [0.15, 0.2) is 24.3 Å². The molecule has 3 rings (SSSR count). The second-order valence-corrected chi connectivity index (χ2v) is 6.39. The summed E-state index contributed by atoms with van der Waals surface area (Å²) in [7, 11) is 0. The third-order valence-corrected chi connectivity index (χ3v) is 4.71. The Morgan fingerprint density at radius 3 is 2.71 bits per heavy atom. The first-order chi connectivity index (χ1) is 10.3. The van der Waals surface area contributed by atoms with E-state index in [1.54, 1.807) is 0 Å². The number of likely N-dealkylation sites (tertiary alicyclic amines) is 1. The van der Waals surface area contributed by atoms with Gasteiger partial charge in [-0.25, -0.2) is 0 Å². The van der Waals surface area contributed by atoms with Gasteiger partial charge in [0.25, 0.3) is 0 Å². The lowest BCUT2D eigenvalue weighted by Gasteiger charge is -2.23. The van der Waals surface area contributed by atoms with E-state index in [0.717, 1.165) is 37.5 Å². The molecule has 1 saturated carbocycles. The number of hydrogen-bond donors (Lipinski definition) is 1. The minimum atomic E-state index is 0.771. The smallest absolute Gasteiger partial charge is 0.119 e. The van der Waals surface area contributed by atoms with Gasteiger partial charge < -0.3 is 10.1 Å². The Bertz CT molecular complexity index is 427. The van der Waals surface area contributed by atoms with Crippen LogP contribution in [0.3, 0.4) is 0 Å². The van der Waals surface area contributed by atoms with E-state index in [-0.39, 0.29) is 0 Å². The van der Waals surface area contributed by atoms with Crippen LogP contribution in [0.25, 0.3) is 0 Å². The van der Waals surface area contributed by atoms with Crippen molar-refractivity contribution < 1.29 is 4.74 Å². The lowest BCUT2D eigenvalue weighted by molar-refractivity contribution is 0.193. The third kappa shape index (κ3) is 4.45. The first kappa shape index (κ1) is 14.9. The lowest BCUT2D eigenvalue weighted by Crippen LogP contribution is -2.32. The second-order valence-electron chi connectivity index (χ2n) is 6.39. The zero-order chi connectivity index (χ0) is 14.5. The molecule has 1 aliphatic heterocycles. The number of rotatable bonds is 8. The zero-order valence-electron chi connectivity index (χ0n) is 13.2. The molecule has 21 heavy (non-hydrogen) atoms. The second kappa shape index (κ2) is 7.28. The van der Waals surface area contributed by atoms with Crippen molar-refractivity contribution >= 4 is 0 Å². The van der Waals surface area contributed by atoms with E-state index in [1.807, 2.05) is 0 Å². The van der Waals surface area contributed by atoms with Crippen molar-refractivity contribution in [1.82, 2.24) is 10.2 Å². The minimum Gasteiger partial charge on any atom is -0.492 e. The molecule has 0 amide bonds. The number of ether oxygens (including phenoxy) is 1. The Morgan fingerprint density at radius 1 is 1.19 bits per heavy atom. The Labute approximate surface area is 128 Å². The lowest BCUT2D eigenvalue weighted by atomic mass is 10.2. The van der Waals surface area contributed by atoms with Crippen molar-refractivity contribution in [2.24, 2.45) is 0 Å². The van der Waals surface area contributed by atoms with Crippen LogP contribution in [0.5, 0.6) is 5.75 Å². The summed E-state index contributed by atoms with van der Waals surface area (Å²) < 4.78 is 5.89. The molecule has 116 valence electrons. The first-order valence-corrected chi connectivity index (χ1v) is 8.54. The van der Waals surface area contributed by atoms with Gasteiger partial charge in [-0.15, -0.1) is 0 Å². The standard InChI is InChI=1S/C18H28N2O/c1-2-17-4-3-11-20(17)12-13-21-18-9-5-15(6-10-18)14-19-16-7-8-16/h5-6,9-10,16-17,19H,2-4,7-8,11-14H2,1H3. The van der Waals surface area contributed by atoms with Crippen molar-refractivity contribution in [3.05, 3.63) is 29.8 Å². The van der Waals surface area contributed by atoms with Gasteiger partial charge in [0, 0.05) is 25.2 Å². The largest absolute Gasteiger partial charge is 0.492 e. The summed E-state index contributed by atoms with van der Waals surface area (Å²) in [6.45, 7) is 6.38. The van der Waals surface area contributed by atoms with Crippen LogP contribution in [-0.2, 0) is 6.54 Å². The van der Waals surface area contributed by atoms with Gasteiger partial charge >= 0.3 is 0 Å². The van der Waals surface area contributed by atoms with E-state index in [2.05, 4.69) is 41.4 Å².